The Morgan fingerprint density at radius 1 is 1.13 bits per heavy atom. The molecule has 0 aromatic heterocycles. The van der Waals surface area contributed by atoms with E-state index in [2.05, 4.69) is 41.1 Å². The van der Waals surface area contributed by atoms with E-state index in [1.165, 1.54) is 41.3 Å². The standard InChI is InChI=1S/C13H16BrN/c1-9-6-10(8-11(14)7-9)12(2-3-12)13(15)4-5-13/h6-8H,2-5,15H2,1H3. The van der Waals surface area contributed by atoms with Gasteiger partial charge in [-0.25, -0.2) is 0 Å². The summed E-state index contributed by atoms with van der Waals surface area (Å²) < 4.78 is 1.19. The summed E-state index contributed by atoms with van der Waals surface area (Å²) in [5.74, 6) is 0. The largest absolute Gasteiger partial charge is 0.324 e. The van der Waals surface area contributed by atoms with Gasteiger partial charge in [-0.1, -0.05) is 22.0 Å². The van der Waals surface area contributed by atoms with Crippen molar-refractivity contribution >= 4 is 15.9 Å². The van der Waals surface area contributed by atoms with Gasteiger partial charge in [0.05, 0.1) is 0 Å². The van der Waals surface area contributed by atoms with Crippen LogP contribution in [0, 0.1) is 6.92 Å². The highest BCUT2D eigenvalue weighted by atomic mass is 79.9. The van der Waals surface area contributed by atoms with Crippen LogP contribution in [0.15, 0.2) is 22.7 Å². The molecule has 1 nitrogen and oxygen atoms in total. The second-order valence-electron chi connectivity index (χ2n) is 5.26. The summed E-state index contributed by atoms with van der Waals surface area (Å²) in [5.41, 5.74) is 9.63. The Balaban J connectivity index is 2.06. The summed E-state index contributed by atoms with van der Waals surface area (Å²) in [5, 5.41) is 0. The van der Waals surface area contributed by atoms with Crippen molar-refractivity contribution in [3.05, 3.63) is 33.8 Å². The topological polar surface area (TPSA) is 26.0 Å². The monoisotopic (exact) mass is 265 g/mol. The first-order valence-corrected chi connectivity index (χ1v) is 6.42. The zero-order valence-electron chi connectivity index (χ0n) is 9.02. The minimum atomic E-state index is 0.125. The summed E-state index contributed by atoms with van der Waals surface area (Å²) in [7, 11) is 0. The molecule has 2 N–H and O–H groups in total. The van der Waals surface area contributed by atoms with E-state index in [-0.39, 0.29) is 5.54 Å². The Morgan fingerprint density at radius 3 is 2.27 bits per heavy atom. The molecule has 0 radical (unpaired) electrons. The molecule has 80 valence electrons. The Bertz CT molecular complexity index is 396. The molecule has 1 aromatic carbocycles. The molecule has 0 bridgehead atoms. The van der Waals surface area contributed by atoms with Gasteiger partial charge in [0.15, 0.2) is 0 Å². The zero-order valence-corrected chi connectivity index (χ0v) is 10.6. The van der Waals surface area contributed by atoms with Crippen LogP contribution in [-0.4, -0.2) is 5.54 Å². The Morgan fingerprint density at radius 2 is 1.80 bits per heavy atom. The normalized spacial score (nSPS) is 25.0. The number of halogens is 1. The third-order valence-corrected chi connectivity index (χ3v) is 4.54. The van der Waals surface area contributed by atoms with Crippen LogP contribution in [0.5, 0.6) is 0 Å². The Kier molecular flexibility index (Phi) is 1.88. The van der Waals surface area contributed by atoms with Crippen molar-refractivity contribution in [3.63, 3.8) is 0 Å². The van der Waals surface area contributed by atoms with Crippen molar-refractivity contribution < 1.29 is 0 Å². The van der Waals surface area contributed by atoms with E-state index in [0.717, 1.165) is 0 Å². The van der Waals surface area contributed by atoms with Gasteiger partial charge in [0, 0.05) is 15.4 Å². The molecule has 2 aliphatic carbocycles. The first-order chi connectivity index (χ1) is 7.06. The van der Waals surface area contributed by atoms with Gasteiger partial charge >= 0.3 is 0 Å². The number of aryl methyl sites for hydroxylation is 1. The summed E-state index contributed by atoms with van der Waals surface area (Å²) in [6.45, 7) is 2.15. The summed E-state index contributed by atoms with van der Waals surface area (Å²) >= 11 is 3.58. The number of benzene rings is 1. The van der Waals surface area contributed by atoms with Crippen LogP contribution in [0.3, 0.4) is 0 Å². The molecule has 0 atom stereocenters. The summed E-state index contributed by atoms with van der Waals surface area (Å²) in [6.07, 6.45) is 4.97. The van der Waals surface area contributed by atoms with Gasteiger partial charge < -0.3 is 5.73 Å². The van der Waals surface area contributed by atoms with Crippen molar-refractivity contribution in [2.45, 2.75) is 43.6 Å². The molecule has 2 aliphatic rings. The van der Waals surface area contributed by atoms with E-state index >= 15 is 0 Å². The molecule has 0 heterocycles. The fourth-order valence-corrected chi connectivity index (χ4v) is 3.43. The zero-order chi connectivity index (χ0) is 10.7. The van der Waals surface area contributed by atoms with Gasteiger partial charge in [0.2, 0.25) is 0 Å². The fraction of sp³-hybridized carbons (Fsp3) is 0.538. The SMILES string of the molecule is Cc1cc(Br)cc(C2(C3(N)CC3)CC2)c1. The Hall–Kier alpha value is -0.340. The van der Waals surface area contributed by atoms with Crippen LogP contribution in [-0.2, 0) is 5.41 Å². The maximum Gasteiger partial charge on any atom is 0.0253 e. The minimum Gasteiger partial charge on any atom is -0.324 e. The maximum atomic E-state index is 6.40. The third-order valence-electron chi connectivity index (χ3n) is 4.09. The predicted molar refractivity (Wildman–Crippen MR) is 65.9 cm³/mol. The van der Waals surface area contributed by atoms with Crippen LogP contribution < -0.4 is 5.73 Å². The van der Waals surface area contributed by atoms with Gasteiger partial charge in [0.25, 0.3) is 0 Å². The van der Waals surface area contributed by atoms with E-state index in [1.807, 2.05) is 0 Å². The van der Waals surface area contributed by atoms with Gasteiger partial charge in [-0.2, -0.15) is 0 Å². The smallest absolute Gasteiger partial charge is 0.0253 e. The molecular weight excluding hydrogens is 250 g/mol. The number of rotatable bonds is 2. The first kappa shape index (κ1) is 9.86. The molecule has 15 heavy (non-hydrogen) atoms. The third kappa shape index (κ3) is 1.38. The lowest BCUT2D eigenvalue weighted by molar-refractivity contribution is 0.503. The Labute approximate surface area is 99.2 Å². The molecule has 1 aromatic rings. The van der Waals surface area contributed by atoms with Crippen LogP contribution in [0.1, 0.15) is 36.8 Å². The lowest BCUT2D eigenvalue weighted by Crippen LogP contribution is -2.37. The van der Waals surface area contributed by atoms with E-state index < -0.39 is 0 Å². The number of hydrogen-bond acceptors (Lipinski definition) is 1. The second kappa shape index (κ2) is 2.86. The molecule has 2 fully saturated rings. The highest BCUT2D eigenvalue weighted by molar-refractivity contribution is 9.10. The van der Waals surface area contributed by atoms with Gasteiger partial charge in [-0.15, -0.1) is 0 Å². The molecule has 0 saturated heterocycles. The predicted octanol–water partition coefficient (Wildman–Crippen LogP) is 3.28. The molecule has 2 heteroatoms. The number of nitrogens with two attached hydrogens (primary N) is 1. The van der Waals surface area contributed by atoms with Crippen LogP contribution in [0.4, 0.5) is 0 Å². The molecule has 0 unspecified atom stereocenters. The van der Waals surface area contributed by atoms with Gasteiger partial charge in [-0.05, 0) is 55.9 Å². The maximum absolute atomic E-state index is 6.40. The van der Waals surface area contributed by atoms with Gasteiger partial charge in [0.1, 0.15) is 0 Å². The molecule has 0 amide bonds. The highest BCUT2D eigenvalue weighted by Crippen LogP contribution is 2.63. The van der Waals surface area contributed by atoms with Crippen molar-refractivity contribution in [1.82, 2.24) is 0 Å². The van der Waals surface area contributed by atoms with Crippen molar-refractivity contribution in [3.8, 4) is 0 Å². The number of hydrogen-bond donors (Lipinski definition) is 1. The highest BCUT2D eigenvalue weighted by Gasteiger charge is 2.64. The van der Waals surface area contributed by atoms with Crippen LogP contribution in [0.25, 0.3) is 0 Å². The summed E-state index contributed by atoms with van der Waals surface area (Å²) in [6, 6.07) is 6.73. The molecule has 0 spiro atoms. The van der Waals surface area contributed by atoms with Crippen molar-refractivity contribution in [2.75, 3.05) is 0 Å². The van der Waals surface area contributed by atoms with Crippen molar-refractivity contribution in [2.24, 2.45) is 5.73 Å². The van der Waals surface area contributed by atoms with E-state index in [9.17, 15) is 0 Å². The van der Waals surface area contributed by atoms with Gasteiger partial charge in [-0.3, -0.25) is 0 Å². The van der Waals surface area contributed by atoms with E-state index in [0.29, 0.717) is 5.41 Å². The van der Waals surface area contributed by atoms with Crippen LogP contribution in [0.2, 0.25) is 0 Å². The summed E-state index contributed by atoms with van der Waals surface area (Å²) in [4.78, 5) is 0. The van der Waals surface area contributed by atoms with E-state index in [4.69, 9.17) is 5.73 Å². The second-order valence-corrected chi connectivity index (χ2v) is 6.17. The quantitative estimate of drug-likeness (QED) is 0.873. The average molecular weight is 266 g/mol. The van der Waals surface area contributed by atoms with E-state index in [1.54, 1.807) is 0 Å². The van der Waals surface area contributed by atoms with Crippen molar-refractivity contribution in [1.29, 1.82) is 0 Å². The molecule has 2 saturated carbocycles. The average Bonchev–Trinajstić information content (AvgIpc) is 2.96. The lowest BCUT2D eigenvalue weighted by Gasteiger charge is -2.24. The lowest BCUT2D eigenvalue weighted by atomic mass is 9.85. The van der Waals surface area contributed by atoms with Crippen LogP contribution >= 0.6 is 15.9 Å². The molecular formula is C13H16BrN. The molecule has 0 aliphatic heterocycles. The molecule has 3 rings (SSSR count). The minimum absolute atomic E-state index is 0.125. The first-order valence-electron chi connectivity index (χ1n) is 5.62. The fourth-order valence-electron chi connectivity index (χ4n) is 2.82.